The number of nitro groups is 1. The maximum absolute atomic E-state index is 10.8. The van der Waals surface area contributed by atoms with Gasteiger partial charge in [-0.3, -0.25) is 10.1 Å². The summed E-state index contributed by atoms with van der Waals surface area (Å²) in [7, 11) is 0. The SMILES string of the molecule is Cc1cc(C)cc(N2CCC(Oc3ccc([N+](=O)[O-])cc3Cl)C2)c1. The fraction of sp³-hybridized carbons (Fsp3) is 0.333. The van der Waals surface area contributed by atoms with Gasteiger partial charge in [0.15, 0.2) is 0 Å². The highest BCUT2D eigenvalue weighted by Crippen LogP contribution is 2.31. The molecule has 5 nitrogen and oxygen atoms in total. The van der Waals surface area contributed by atoms with E-state index in [0.717, 1.165) is 19.5 Å². The van der Waals surface area contributed by atoms with Crippen LogP contribution in [-0.2, 0) is 0 Å². The summed E-state index contributed by atoms with van der Waals surface area (Å²) in [5, 5.41) is 11.0. The van der Waals surface area contributed by atoms with Gasteiger partial charge in [-0.2, -0.15) is 0 Å². The van der Waals surface area contributed by atoms with Crippen LogP contribution in [0.2, 0.25) is 5.02 Å². The van der Waals surface area contributed by atoms with E-state index in [2.05, 4.69) is 36.9 Å². The van der Waals surface area contributed by atoms with Gasteiger partial charge in [0.05, 0.1) is 16.5 Å². The van der Waals surface area contributed by atoms with Gasteiger partial charge < -0.3 is 9.64 Å². The Kier molecular flexibility index (Phi) is 4.62. The van der Waals surface area contributed by atoms with Crippen molar-refractivity contribution in [2.24, 2.45) is 0 Å². The van der Waals surface area contributed by atoms with Gasteiger partial charge in [-0.05, 0) is 43.2 Å². The minimum Gasteiger partial charge on any atom is -0.487 e. The summed E-state index contributed by atoms with van der Waals surface area (Å²) < 4.78 is 5.96. The highest BCUT2D eigenvalue weighted by atomic mass is 35.5. The van der Waals surface area contributed by atoms with Gasteiger partial charge in [0.2, 0.25) is 0 Å². The molecule has 0 N–H and O–H groups in total. The first kappa shape index (κ1) is 16.6. The van der Waals surface area contributed by atoms with Gasteiger partial charge in [-0.25, -0.2) is 0 Å². The van der Waals surface area contributed by atoms with Crippen LogP contribution in [0.1, 0.15) is 17.5 Å². The van der Waals surface area contributed by atoms with Crippen molar-refractivity contribution in [1.82, 2.24) is 0 Å². The largest absolute Gasteiger partial charge is 0.487 e. The van der Waals surface area contributed by atoms with Crippen LogP contribution in [-0.4, -0.2) is 24.1 Å². The van der Waals surface area contributed by atoms with Crippen molar-refractivity contribution >= 4 is 23.0 Å². The average Bonchev–Trinajstić information content (AvgIpc) is 2.97. The lowest BCUT2D eigenvalue weighted by Gasteiger charge is -2.20. The Morgan fingerprint density at radius 2 is 1.92 bits per heavy atom. The Hall–Kier alpha value is -2.27. The van der Waals surface area contributed by atoms with Crippen LogP contribution in [0.25, 0.3) is 0 Å². The van der Waals surface area contributed by atoms with Gasteiger partial charge in [0.25, 0.3) is 5.69 Å². The summed E-state index contributed by atoms with van der Waals surface area (Å²) in [5.41, 5.74) is 3.66. The molecule has 24 heavy (non-hydrogen) atoms. The van der Waals surface area contributed by atoms with Gasteiger partial charge >= 0.3 is 0 Å². The van der Waals surface area contributed by atoms with E-state index in [-0.39, 0.29) is 16.8 Å². The molecule has 1 aliphatic heterocycles. The van der Waals surface area contributed by atoms with Crippen LogP contribution in [0.15, 0.2) is 36.4 Å². The third-order valence-corrected chi connectivity index (χ3v) is 4.43. The fourth-order valence-corrected chi connectivity index (χ4v) is 3.29. The normalized spacial score (nSPS) is 17.1. The summed E-state index contributed by atoms with van der Waals surface area (Å²) in [6, 6.07) is 10.8. The van der Waals surface area contributed by atoms with Gasteiger partial charge in [-0.1, -0.05) is 17.7 Å². The standard InChI is InChI=1S/C18H19ClN2O3/c1-12-7-13(2)9-15(8-12)20-6-5-16(11-20)24-18-4-3-14(21(22)23)10-17(18)19/h3-4,7-10,16H,5-6,11H2,1-2H3. The van der Waals surface area contributed by atoms with Crippen LogP contribution < -0.4 is 9.64 Å². The van der Waals surface area contributed by atoms with E-state index in [1.165, 1.54) is 28.9 Å². The van der Waals surface area contributed by atoms with Crippen LogP contribution >= 0.6 is 11.6 Å². The second kappa shape index (κ2) is 6.69. The zero-order chi connectivity index (χ0) is 17.3. The highest BCUT2D eigenvalue weighted by molar-refractivity contribution is 6.32. The molecule has 1 aliphatic rings. The molecule has 0 radical (unpaired) electrons. The summed E-state index contributed by atoms with van der Waals surface area (Å²) in [4.78, 5) is 12.6. The molecule has 1 saturated heterocycles. The number of anilines is 1. The maximum Gasteiger partial charge on any atom is 0.271 e. The molecule has 126 valence electrons. The number of hydrogen-bond donors (Lipinski definition) is 0. The van der Waals surface area contributed by atoms with Crippen LogP contribution in [0.4, 0.5) is 11.4 Å². The number of non-ortho nitro benzene ring substituents is 1. The van der Waals surface area contributed by atoms with Crippen molar-refractivity contribution in [2.45, 2.75) is 26.4 Å². The second-order valence-electron chi connectivity index (χ2n) is 6.19. The van der Waals surface area contributed by atoms with Gasteiger partial charge in [0, 0.05) is 30.8 Å². The maximum atomic E-state index is 10.8. The predicted molar refractivity (Wildman–Crippen MR) is 95.3 cm³/mol. The molecular formula is C18H19ClN2O3. The van der Waals surface area contributed by atoms with E-state index in [1.54, 1.807) is 6.07 Å². The first-order chi connectivity index (χ1) is 11.4. The Bertz CT molecular complexity index is 759. The lowest BCUT2D eigenvalue weighted by molar-refractivity contribution is -0.384. The van der Waals surface area contributed by atoms with E-state index in [4.69, 9.17) is 16.3 Å². The molecule has 6 heteroatoms. The number of halogens is 1. The Morgan fingerprint density at radius 3 is 2.54 bits per heavy atom. The first-order valence-electron chi connectivity index (χ1n) is 7.86. The quantitative estimate of drug-likeness (QED) is 0.603. The molecule has 0 amide bonds. The summed E-state index contributed by atoms with van der Waals surface area (Å²) in [6.45, 7) is 5.88. The van der Waals surface area contributed by atoms with Crippen LogP contribution in [0.5, 0.6) is 5.75 Å². The van der Waals surface area contributed by atoms with Crippen molar-refractivity contribution < 1.29 is 9.66 Å². The van der Waals surface area contributed by atoms with Crippen LogP contribution in [0.3, 0.4) is 0 Å². The number of benzene rings is 2. The zero-order valence-electron chi connectivity index (χ0n) is 13.7. The molecule has 3 rings (SSSR count). The third kappa shape index (κ3) is 3.62. The van der Waals surface area contributed by atoms with E-state index >= 15 is 0 Å². The number of aryl methyl sites for hydroxylation is 2. The number of ether oxygens (including phenoxy) is 1. The van der Waals surface area contributed by atoms with E-state index in [0.29, 0.717) is 5.75 Å². The fourth-order valence-electron chi connectivity index (χ4n) is 3.07. The monoisotopic (exact) mass is 346 g/mol. The molecule has 0 aromatic heterocycles. The van der Waals surface area contributed by atoms with Crippen molar-refractivity contribution in [2.75, 3.05) is 18.0 Å². The Balaban J connectivity index is 1.69. The van der Waals surface area contributed by atoms with Gasteiger partial charge in [0.1, 0.15) is 11.9 Å². The Labute approximate surface area is 146 Å². The van der Waals surface area contributed by atoms with Crippen molar-refractivity contribution in [3.05, 3.63) is 62.7 Å². The van der Waals surface area contributed by atoms with Crippen molar-refractivity contribution in [3.8, 4) is 5.75 Å². The molecule has 1 unspecified atom stereocenters. The summed E-state index contributed by atoms with van der Waals surface area (Å²) in [5.74, 6) is 0.495. The summed E-state index contributed by atoms with van der Waals surface area (Å²) >= 11 is 6.10. The highest BCUT2D eigenvalue weighted by Gasteiger charge is 2.25. The van der Waals surface area contributed by atoms with E-state index < -0.39 is 4.92 Å². The first-order valence-corrected chi connectivity index (χ1v) is 8.24. The minimum absolute atomic E-state index is 0.0183. The summed E-state index contributed by atoms with van der Waals surface area (Å²) in [6.07, 6.45) is 0.908. The molecule has 0 spiro atoms. The number of nitrogens with zero attached hydrogens (tertiary/aromatic N) is 2. The molecule has 0 saturated carbocycles. The Morgan fingerprint density at radius 1 is 1.21 bits per heavy atom. The molecule has 0 aliphatic carbocycles. The molecule has 0 bridgehead atoms. The molecular weight excluding hydrogens is 328 g/mol. The van der Waals surface area contributed by atoms with Crippen molar-refractivity contribution in [3.63, 3.8) is 0 Å². The van der Waals surface area contributed by atoms with E-state index in [9.17, 15) is 10.1 Å². The third-order valence-electron chi connectivity index (χ3n) is 4.14. The van der Waals surface area contributed by atoms with Gasteiger partial charge in [-0.15, -0.1) is 0 Å². The second-order valence-corrected chi connectivity index (χ2v) is 6.60. The minimum atomic E-state index is -0.465. The lowest BCUT2D eigenvalue weighted by atomic mass is 10.1. The molecule has 1 heterocycles. The zero-order valence-corrected chi connectivity index (χ0v) is 14.4. The number of rotatable bonds is 4. The number of nitro benzene ring substituents is 1. The molecule has 2 aromatic carbocycles. The molecule has 1 atom stereocenters. The topological polar surface area (TPSA) is 55.6 Å². The van der Waals surface area contributed by atoms with Crippen molar-refractivity contribution in [1.29, 1.82) is 0 Å². The smallest absolute Gasteiger partial charge is 0.271 e. The number of hydrogen-bond acceptors (Lipinski definition) is 4. The molecule has 1 fully saturated rings. The van der Waals surface area contributed by atoms with Crippen LogP contribution in [0, 0.1) is 24.0 Å². The lowest BCUT2D eigenvalue weighted by Crippen LogP contribution is -2.24. The molecule has 2 aromatic rings. The predicted octanol–water partition coefficient (Wildman–Crippen LogP) is 4.52. The van der Waals surface area contributed by atoms with E-state index in [1.807, 2.05) is 0 Å². The average molecular weight is 347 g/mol.